The SMILES string of the molecule is CCC1(c2ccccc2)NC(=O)N(CC(=O)Nc2ccc(I)cc2)C1=O. The van der Waals surface area contributed by atoms with Crippen LogP contribution >= 0.6 is 22.6 Å². The first-order valence-corrected chi connectivity index (χ1v) is 9.29. The smallest absolute Gasteiger partial charge is 0.325 e. The lowest BCUT2D eigenvalue weighted by atomic mass is 9.87. The summed E-state index contributed by atoms with van der Waals surface area (Å²) in [6, 6.07) is 15.8. The van der Waals surface area contributed by atoms with Gasteiger partial charge in [0.1, 0.15) is 12.1 Å². The summed E-state index contributed by atoms with van der Waals surface area (Å²) in [4.78, 5) is 38.6. The minimum absolute atomic E-state index is 0.328. The first-order chi connectivity index (χ1) is 12.5. The van der Waals surface area contributed by atoms with E-state index in [0.717, 1.165) is 8.47 Å². The second-order valence-corrected chi connectivity index (χ2v) is 7.25. The Morgan fingerprint density at radius 1 is 1.12 bits per heavy atom. The summed E-state index contributed by atoms with van der Waals surface area (Å²) in [7, 11) is 0. The van der Waals surface area contributed by atoms with Gasteiger partial charge in [-0.3, -0.25) is 14.5 Å². The van der Waals surface area contributed by atoms with Crippen LogP contribution in [0.4, 0.5) is 10.5 Å². The summed E-state index contributed by atoms with van der Waals surface area (Å²) in [5, 5.41) is 5.47. The Morgan fingerprint density at radius 3 is 2.38 bits per heavy atom. The van der Waals surface area contributed by atoms with Gasteiger partial charge in [-0.05, 0) is 58.8 Å². The van der Waals surface area contributed by atoms with Gasteiger partial charge in [-0.25, -0.2) is 4.79 Å². The lowest BCUT2D eigenvalue weighted by Crippen LogP contribution is -2.44. The van der Waals surface area contributed by atoms with Crippen LogP contribution in [0.2, 0.25) is 0 Å². The number of rotatable bonds is 5. The van der Waals surface area contributed by atoms with Crippen LogP contribution in [0.1, 0.15) is 18.9 Å². The molecule has 0 aliphatic carbocycles. The molecule has 0 spiro atoms. The fourth-order valence-electron chi connectivity index (χ4n) is 3.01. The van der Waals surface area contributed by atoms with E-state index in [0.29, 0.717) is 17.7 Å². The molecule has 1 unspecified atom stereocenters. The van der Waals surface area contributed by atoms with Gasteiger partial charge in [0, 0.05) is 9.26 Å². The quantitative estimate of drug-likeness (QED) is 0.529. The average molecular weight is 463 g/mol. The molecule has 4 amide bonds. The van der Waals surface area contributed by atoms with Crippen LogP contribution in [0.25, 0.3) is 0 Å². The second-order valence-electron chi connectivity index (χ2n) is 6.00. The number of hydrogen-bond acceptors (Lipinski definition) is 3. The summed E-state index contributed by atoms with van der Waals surface area (Å²) in [6.45, 7) is 1.51. The van der Waals surface area contributed by atoms with E-state index in [9.17, 15) is 14.4 Å². The summed E-state index contributed by atoms with van der Waals surface area (Å²) >= 11 is 2.17. The average Bonchev–Trinajstić information content (AvgIpc) is 2.89. The van der Waals surface area contributed by atoms with E-state index < -0.39 is 23.4 Å². The van der Waals surface area contributed by atoms with E-state index in [1.165, 1.54) is 0 Å². The maximum Gasteiger partial charge on any atom is 0.325 e. The molecular formula is C19H18IN3O3. The number of urea groups is 1. The molecule has 0 saturated carbocycles. The van der Waals surface area contributed by atoms with Crippen molar-refractivity contribution in [3.8, 4) is 0 Å². The van der Waals surface area contributed by atoms with Gasteiger partial charge in [-0.1, -0.05) is 37.3 Å². The summed E-state index contributed by atoms with van der Waals surface area (Å²) in [5.41, 5.74) is 0.204. The van der Waals surface area contributed by atoms with Crippen LogP contribution in [0.15, 0.2) is 54.6 Å². The number of anilines is 1. The lowest BCUT2D eigenvalue weighted by Gasteiger charge is -2.25. The molecule has 1 atom stereocenters. The minimum Gasteiger partial charge on any atom is -0.325 e. The largest absolute Gasteiger partial charge is 0.325 e. The number of carbonyl (C=O) groups excluding carboxylic acids is 3. The maximum atomic E-state index is 13.0. The van der Waals surface area contributed by atoms with Gasteiger partial charge in [-0.15, -0.1) is 0 Å². The summed E-state index contributed by atoms with van der Waals surface area (Å²) in [6.07, 6.45) is 0.400. The van der Waals surface area contributed by atoms with Gasteiger partial charge < -0.3 is 10.6 Å². The molecule has 2 N–H and O–H groups in total. The number of carbonyl (C=O) groups is 3. The third kappa shape index (κ3) is 3.44. The highest BCUT2D eigenvalue weighted by atomic mass is 127. The molecule has 7 heteroatoms. The monoisotopic (exact) mass is 463 g/mol. The van der Waals surface area contributed by atoms with E-state index >= 15 is 0 Å². The summed E-state index contributed by atoms with van der Waals surface area (Å²) < 4.78 is 1.05. The topological polar surface area (TPSA) is 78.5 Å². The maximum absolute atomic E-state index is 13.0. The van der Waals surface area contributed by atoms with E-state index in [4.69, 9.17) is 0 Å². The molecule has 1 heterocycles. The van der Waals surface area contributed by atoms with Gasteiger partial charge >= 0.3 is 6.03 Å². The van der Waals surface area contributed by atoms with Crippen molar-refractivity contribution in [3.63, 3.8) is 0 Å². The fraction of sp³-hybridized carbons (Fsp3) is 0.211. The van der Waals surface area contributed by atoms with Crippen LogP contribution < -0.4 is 10.6 Å². The van der Waals surface area contributed by atoms with Crippen molar-refractivity contribution in [2.75, 3.05) is 11.9 Å². The van der Waals surface area contributed by atoms with Crippen LogP contribution in [0.5, 0.6) is 0 Å². The van der Waals surface area contributed by atoms with Crippen molar-refractivity contribution < 1.29 is 14.4 Å². The van der Waals surface area contributed by atoms with Gasteiger partial charge in [0.05, 0.1) is 0 Å². The number of imide groups is 1. The molecule has 6 nitrogen and oxygen atoms in total. The molecule has 26 heavy (non-hydrogen) atoms. The molecule has 1 saturated heterocycles. The number of halogens is 1. The van der Waals surface area contributed by atoms with E-state index in [2.05, 4.69) is 33.2 Å². The highest BCUT2D eigenvalue weighted by Crippen LogP contribution is 2.32. The molecule has 134 valence electrons. The van der Waals surface area contributed by atoms with Crippen molar-refractivity contribution in [1.82, 2.24) is 10.2 Å². The van der Waals surface area contributed by atoms with Gasteiger partial charge in [0.25, 0.3) is 5.91 Å². The molecule has 0 bridgehead atoms. The molecule has 2 aromatic rings. The number of amides is 4. The molecule has 1 aliphatic heterocycles. The Kier molecular flexibility index (Phi) is 5.26. The van der Waals surface area contributed by atoms with Crippen molar-refractivity contribution in [2.24, 2.45) is 0 Å². The van der Waals surface area contributed by atoms with Crippen molar-refractivity contribution in [1.29, 1.82) is 0 Å². The molecule has 0 radical (unpaired) electrons. The van der Waals surface area contributed by atoms with Crippen molar-refractivity contribution in [2.45, 2.75) is 18.9 Å². The van der Waals surface area contributed by atoms with Crippen molar-refractivity contribution >= 4 is 46.1 Å². The Hall–Kier alpha value is -2.42. The van der Waals surface area contributed by atoms with E-state index in [1.54, 1.807) is 24.3 Å². The van der Waals surface area contributed by atoms with Crippen molar-refractivity contribution in [3.05, 3.63) is 63.7 Å². The Morgan fingerprint density at radius 2 is 1.77 bits per heavy atom. The number of hydrogen-bond donors (Lipinski definition) is 2. The van der Waals surface area contributed by atoms with Gasteiger partial charge in [0.2, 0.25) is 5.91 Å². The molecule has 1 aliphatic rings. The molecule has 0 aromatic heterocycles. The zero-order chi connectivity index (χ0) is 18.7. The van der Waals surface area contributed by atoms with Crippen LogP contribution in [-0.2, 0) is 15.1 Å². The third-order valence-corrected chi connectivity index (χ3v) is 5.12. The minimum atomic E-state index is -1.12. The standard InChI is InChI=1S/C19H18IN3O3/c1-2-19(13-6-4-3-5-7-13)17(25)23(18(26)22-19)12-16(24)21-15-10-8-14(20)9-11-15/h3-11H,2,12H2,1H3,(H,21,24)(H,22,26). The molecule has 3 rings (SSSR count). The van der Waals surface area contributed by atoms with Crippen LogP contribution in [0, 0.1) is 3.57 Å². The normalized spacial score (nSPS) is 19.4. The summed E-state index contributed by atoms with van der Waals surface area (Å²) in [5.74, 6) is -0.830. The zero-order valence-electron chi connectivity index (χ0n) is 14.2. The zero-order valence-corrected chi connectivity index (χ0v) is 16.3. The van der Waals surface area contributed by atoms with Crippen LogP contribution in [-0.4, -0.2) is 29.3 Å². The molecule has 2 aromatic carbocycles. The molecular weight excluding hydrogens is 445 g/mol. The van der Waals surface area contributed by atoms with E-state index in [-0.39, 0.29) is 6.54 Å². The third-order valence-electron chi connectivity index (χ3n) is 4.40. The van der Waals surface area contributed by atoms with Gasteiger partial charge in [-0.2, -0.15) is 0 Å². The number of benzene rings is 2. The number of nitrogens with one attached hydrogen (secondary N) is 2. The Bertz CT molecular complexity index is 839. The van der Waals surface area contributed by atoms with Crippen LogP contribution in [0.3, 0.4) is 0 Å². The first-order valence-electron chi connectivity index (χ1n) is 8.21. The van der Waals surface area contributed by atoms with E-state index in [1.807, 2.05) is 37.3 Å². The first kappa shape index (κ1) is 18.4. The van der Waals surface area contributed by atoms with Gasteiger partial charge in [0.15, 0.2) is 0 Å². The highest BCUT2D eigenvalue weighted by Gasteiger charge is 2.51. The lowest BCUT2D eigenvalue weighted by molar-refractivity contribution is -0.134. The Balaban J connectivity index is 1.76. The molecule has 1 fully saturated rings. The Labute approximate surface area is 165 Å². The number of nitrogens with zero attached hydrogens (tertiary/aromatic N) is 1. The fourth-order valence-corrected chi connectivity index (χ4v) is 3.37. The predicted molar refractivity (Wildman–Crippen MR) is 106 cm³/mol. The predicted octanol–water partition coefficient (Wildman–Crippen LogP) is 3.09. The highest BCUT2D eigenvalue weighted by molar-refractivity contribution is 14.1. The second kappa shape index (κ2) is 7.45.